The van der Waals surface area contributed by atoms with Crippen LogP contribution in [-0.4, -0.2) is 62.0 Å². The zero-order valence-electron chi connectivity index (χ0n) is 16.2. The van der Waals surface area contributed by atoms with Crippen molar-refractivity contribution in [2.45, 2.75) is 44.2 Å². The molecule has 1 saturated carbocycles. The fourth-order valence-electron chi connectivity index (χ4n) is 3.78. The number of amides is 1. The number of carbonyl (C=O) groups is 1. The molecular formula is C20H21F2N5O3. The third-order valence-electron chi connectivity index (χ3n) is 5.44. The van der Waals surface area contributed by atoms with Gasteiger partial charge in [-0.05, 0) is 18.9 Å². The average Bonchev–Trinajstić information content (AvgIpc) is 3.30. The van der Waals surface area contributed by atoms with Gasteiger partial charge in [-0.25, -0.2) is 18.7 Å². The Balaban J connectivity index is 1.56. The molecule has 158 valence electrons. The predicted molar refractivity (Wildman–Crippen MR) is 104 cm³/mol. The van der Waals surface area contributed by atoms with Crippen LogP contribution < -0.4 is 5.32 Å². The van der Waals surface area contributed by atoms with Crippen LogP contribution in [0.5, 0.6) is 0 Å². The van der Waals surface area contributed by atoms with Gasteiger partial charge in [-0.3, -0.25) is 9.79 Å². The summed E-state index contributed by atoms with van der Waals surface area (Å²) in [5.41, 5.74) is 1.13. The third-order valence-corrected chi connectivity index (χ3v) is 5.44. The van der Waals surface area contributed by atoms with Gasteiger partial charge in [-0.1, -0.05) is 12.1 Å². The predicted octanol–water partition coefficient (Wildman–Crippen LogP) is 1.01. The van der Waals surface area contributed by atoms with Gasteiger partial charge in [-0.2, -0.15) is 0 Å². The van der Waals surface area contributed by atoms with E-state index in [-0.39, 0.29) is 24.4 Å². The van der Waals surface area contributed by atoms with E-state index in [2.05, 4.69) is 20.3 Å². The quantitative estimate of drug-likeness (QED) is 0.670. The molecule has 2 heterocycles. The summed E-state index contributed by atoms with van der Waals surface area (Å²) in [5, 5.41) is 23.0. The molecular weight excluding hydrogens is 396 g/mol. The first-order valence-corrected chi connectivity index (χ1v) is 9.56. The molecule has 0 spiro atoms. The molecule has 1 fully saturated rings. The molecule has 3 N–H and O–H groups in total. The van der Waals surface area contributed by atoms with Gasteiger partial charge in [0.2, 0.25) is 0 Å². The van der Waals surface area contributed by atoms with Gasteiger partial charge in [0.1, 0.15) is 17.9 Å². The Hall–Kier alpha value is -2.98. The number of likely N-dealkylation sites (N-methyl/N-ethyl adjacent to an activating group) is 1. The lowest BCUT2D eigenvalue weighted by Crippen LogP contribution is -2.36. The van der Waals surface area contributed by atoms with Crippen LogP contribution >= 0.6 is 0 Å². The van der Waals surface area contributed by atoms with E-state index in [0.717, 1.165) is 6.07 Å². The lowest BCUT2D eigenvalue weighted by molar-refractivity contribution is -0.123. The highest BCUT2D eigenvalue weighted by atomic mass is 19.2. The van der Waals surface area contributed by atoms with E-state index >= 15 is 0 Å². The van der Waals surface area contributed by atoms with Gasteiger partial charge >= 0.3 is 0 Å². The topological polar surface area (TPSA) is 111 Å². The number of aliphatic hydroxyl groups excluding tert-OH is 2. The van der Waals surface area contributed by atoms with Crippen molar-refractivity contribution in [2.24, 2.45) is 4.99 Å². The molecule has 1 aliphatic carbocycles. The Labute approximate surface area is 171 Å². The molecule has 4 rings (SSSR count). The average molecular weight is 417 g/mol. The molecule has 0 radical (unpaired) electrons. The number of benzene rings is 1. The molecule has 1 aromatic heterocycles. The minimum Gasteiger partial charge on any atom is -0.390 e. The van der Waals surface area contributed by atoms with E-state index in [4.69, 9.17) is 0 Å². The maximum absolute atomic E-state index is 14.0. The molecule has 0 bridgehead atoms. The number of aliphatic hydroxyl groups is 2. The minimum absolute atomic E-state index is 0.0513. The largest absolute Gasteiger partial charge is 0.390 e. The maximum atomic E-state index is 14.0. The van der Waals surface area contributed by atoms with Crippen LogP contribution in [0, 0.1) is 11.6 Å². The lowest BCUT2D eigenvalue weighted by atomic mass is 10.1. The highest BCUT2D eigenvalue weighted by Crippen LogP contribution is 2.28. The zero-order valence-corrected chi connectivity index (χ0v) is 16.2. The summed E-state index contributed by atoms with van der Waals surface area (Å²) < 4.78 is 27.5. The molecule has 1 aromatic carbocycles. The number of carbonyl (C=O) groups excluding carboxylic acids is 1. The van der Waals surface area contributed by atoms with Gasteiger partial charge < -0.3 is 20.4 Å². The summed E-state index contributed by atoms with van der Waals surface area (Å²) in [5.74, 6) is -2.12. The fourth-order valence-corrected chi connectivity index (χ4v) is 3.78. The summed E-state index contributed by atoms with van der Waals surface area (Å²) in [4.78, 5) is 26.9. The summed E-state index contributed by atoms with van der Waals surface area (Å²) in [6, 6.07) is 3.39. The second kappa shape index (κ2) is 8.04. The molecule has 1 amide bonds. The minimum atomic E-state index is -0.995. The molecule has 0 saturated heterocycles. The van der Waals surface area contributed by atoms with Crippen LogP contribution in [0.2, 0.25) is 0 Å². The number of halogens is 2. The van der Waals surface area contributed by atoms with E-state index in [1.165, 1.54) is 30.4 Å². The number of fused-ring (bicyclic) bond motifs is 1. The first kappa shape index (κ1) is 20.3. The molecule has 1 aliphatic heterocycles. The normalized spacial score (nSPS) is 22.6. The van der Waals surface area contributed by atoms with E-state index in [0.29, 0.717) is 29.9 Å². The van der Waals surface area contributed by atoms with Crippen LogP contribution in [0.3, 0.4) is 0 Å². The van der Waals surface area contributed by atoms with Gasteiger partial charge in [0.05, 0.1) is 36.1 Å². The van der Waals surface area contributed by atoms with Crippen molar-refractivity contribution < 1.29 is 23.8 Å². The molecule has 30 heavy (non-hydrogen) atoms. The number of hydrogen-bond donors (Lipinski definition) is 3. The van der Waals surface area contributed by atoms with Crippen LogP contribution in [0.1, 0.15) is 29.7 Å². The van der Waals surface area contributed by atoms with Crippen LogP contribution in [0.15, 0.2) is 29.5 Å². The first-order chi connectivity index (χ1) is 14.4. The summed E-state index contributed by atoms with van der Waals surface area (Å²) in [7, 11) is 1.47. The number of nitrogens with one attached hydrogen (secondary N) is 1. The van der Waals surface area contributed by atoms with Crippen molar-refractivity contribution in [1.29, 1.82) is 0 Å². The van der Waals surface area contributed by atoms with Gasteiger partial charge in [0.15, 0.2) is 11.6 Å². The number of nitrogens with zero attached hydrogens (tertiary/aromatic N) is 4. The standard InChI is InChI=1S/C20H21F2N5O3/c1-27(8-10-3-2-4-11(21)16(10)22)20(30)17-15-13(7-23-17)24-9-25-19(15)26-12-5-6-14(28)18(12)29/h2-4,9,12,14,18,28-29H,5-8H2,1H3,(H,24,25,26)/t12-,14-,18+/m1/s1. The highest BCUT2D eigenvalue weighted by Gasteiger charge is 2.36. The van der Waals surface area contributed by atoms with Crippen LogP contribution in [0.25, 0.3) is 0 Å². The number of rotatable bonds is 5. The second-order valence-electron chi connectivity index (χ2n) is 7.47. The number of anilines is 1. The van der Waals surface area contributed by atoms with Crippen molar-refractivity contribution in [3.05, 3.63) is 53.0 Å². The number of hydrogen-bond acceptors (Lipinski definition) is 7. The monoisotopic (exact) mass is 417 g/mol. The van der Waals surface area contributed by atoms with E-state index in [1.807, 2.05) is 0 Å². The summed E-state index contributed by atoms with van der Waals surface area (Å²) in [6.45, 7) is 0.0480. The van der Waals surface area contributed by atoms with Crippen molar-refractivity contribution in [3.8, 4) is 0 Å². The van der Waals surface area contributed by atoms with Crippen molar-refractivity contribution in [3.63, 3.8) is 0 Å². The first-order valence-electron chi connectivity index (χ1n) is 9.56. The van der Waals surface area contributed by atoms with Gasteiger partial charge in [-0.15, -0.1) is 0 Å². The molecule has 3 atom stereocenters. The highest BCUT2D eigenvalue weighted by molar-refractivity contribution is 6.47. The number of aromatic nitrogens is 2. The Morgan fingerprint density at radius 2 is 2.07 bits per heavy atom. The van der Waals surface area contributed by atoms with E-state index in [9.17, 15) is 23.8 Å². The Kier molecular flexibility index (Phi) is 5.44. The SMILES string of the molecule is CN(Cc1cccc(F)c1F)C(=O)C1=NCc2ncnc(N[C@@H]3CC[C@@H](O)[C@H]3O)c21. The summed E-state index contributed by atoms with van der Waals surface area (Å²) in [6.07, 6.45) is 0.563. The molecule has 2 aliphatic rings. The second-order valence-corrected chi connectivity index (χ2v) is 7.47. The Morgan fingerprint density at radius 3 is 2.80 bits per heavy atom. The third kappa shape index (κ3) is 3.63. The Morgan fingerprint density at radius 1 is 1.27 bits per heavy atom. The Bertz CT molecular complexity index is 1020. The molecule has 8 nitrogen and oxygen atoms in total. The number of aliphatic imine (C=N–C) groups is 1. The van der Waals surface area contributed by atoms with Crippen LogP contribution in [-0.2, 0) is 17.9 Å². The van der Waals surface area contributed by atoms with Crippen molar-refractivity contribution >= 4 is 17.4 Å². The summed E-state index contributed by atoms with van der Waals surface area (Å²) >= 11 is 0. The molecule has 10 heteroatoms. The van der Waals surface area contributed by atoms with Gasteiger partial charge in [0.25, 0.3) is 5.91 Å². The molecule has 2 aromatic rings. The van der Waals surface area contributed by atoms with Crippen molar-refractivity contribution in [2.75, 3.05) is 12.4 Å². The van der Waals surface area contributed by atoms with Gasteiger partial charge in [0, 0.05) is 19.2 Å². The zero-order chi connectivity index (χ0) is 21.4. The lowest BCUT2D eigenvalue weighted by Gasteiger charge is -2.21. The van der Waals surface area contributed by atoms with Crippen LogP contribution in [0.4, 0.5) is 14.6 Å². The fraction of sp³-hybridized carbons (Fsp3) is 0.400. The van der Waals surface area contributed by atoms with E-state index in [1.54, 1.807) is 0 Å². The maximum Gasteiger partial charge on any atom is 0.272 e. The van der Waals surface area contributed by atoms with Crippen molar-refractivity contribution in [1.82, 2.24) is 14.9 Å². The van der Waals surface area contributed by atoms with E-state index < -0.39 is 35.8 Å². The smallest absolute Gasteiger partial charge is 0.272 e. The molecule has 0 unspecified atom stereocenters.